The Labute approximate surface area is 129 Å². The molecule has 0 amide bonds. The van der Waals surface area contributed by atoms with Crippen molar-refractivity contribution in [3.8, 4) is 5.88 Å². The molecule has 0 radical (unpaired) electrons. The first-order chi connectivity index (χ1) is 9.69. The Morgan fingerprint density at radius 3 is 2.65 bits per heavy atom. The Morgan fingerprint density at radius 1 is 1.15 bits per heavy atom. The minimum Gasteiger partial charge on any atom is -0.474 e. The summed E-state index contributed by atoms with van der Waals surface area (Å²) in [6, 6.07) is 1.61. The summed E-state index contributed by atoms with van der Waals surface area (Å²) in [5.41, 5.74) is 0. The molecule has 0 bridgehead atoms. The Balaban J connectivity index is 2.37. The quantitative estimate of drug-likeness (QED) is 0.670. The number of nitrogens with one attached hydrogen (secondary N) is 1. The van der Waals surface area contributed by atoms with Crippen molar-refractivity contribution >= 4 is 29.0 Å². The van der Waals surface area contributed by atoms with Crippen molar-refractivity contribution in [3.63, 3.8) is 0 Å². The van der Waals surface area contributed by atoms with Crippen LogP contribution in [0.5, 0.6) is 5.88 Å². The molecule has 20 heavy (non-hydrogen) atoms. The van der Waals surface area contributed by atoms with Crippen molar-refractivity contribution in [2.24, 2.45) is 0 Å². The van der Waals surface area contributed by atoms with E-state index in [1.165, 1.54) is 0 Å². The van der Waals surface area contributed by atoms with Gasteiger partial charge in [0.1, 0.15) is 17.4 Å². The maximum Gasteiger partial charge on any atom is 0.234 e. The van der Waals surface area contributed by atoms with Gasteiger partial charge in [-0.1, -0.05) is 23.2 Å². The maximum absolute atomic E-state index is 6.03. The molecule has 114 valence electrons. The van der Waals surface area contributed by atoms with Gasteiger partial charge in [-0.2, -0.15) is 4.98 Å². The van der Waals surface area contributed by atoms with Crippen molar-refractivity contribution in [1.29, 1.82) is 0 Å². The third kappa shape index (κ3) is 6.13. The number of anilines is 1. The molecule has 0 aliphatic heterocycles. The van der Waals surface area contributed by atoms with Crippen LogP contribution >= 0.6 is 23.2 Å². The smallest absolute Gasteiger partial charge is 0.234 e. The fourth-order valence-electron chi connectivity index (χ4n) is 1.45. The van der Waals surface area contributed by atoms with Gasteiger partial charge < -0.3 is 19.5 Å². The lowest BCUT2D eigenvalue weighted by Crippen LogP contribution is -2.10. The lowest BCUT2D eigenvalue weighted by atomic mass is 10.4. The number of aromatic nitrogens is 1. The van der Waals surface area contributed by atoms with E-state index in [-0.39, 0.29) is 0 Å². The molecule has 0 saturated heterocycles. The number of hydrogen-bond donors (Lipinski definition) is 1. The topological polar surface area (TPSA) is 52.6 Å². The molecule has 0 aliphatic carbocycles. The molecule has 0 atom stereocenters. The van der Waals surface area contributed by atoms with Gasteiger partial charge in [0.25, 0.3) is 0 Å². The van der Waals surface area contributed by atoms with Crippen LogP contribution in [0, 0.1) is 0 Å². The van der Waals surface area contributed by atoms with Crippen molar-refractivity contribution < 1.29 is 14.2 Å². The summed E-state index contributed by atoms with van der Waals surface area (Å²) in [4.78, 5) is 4.24. The van der Waals surface area contributed by atoms with Gasteiger partial charge in [0, 0.05) is 26.9 Å². The zero-order valence-corrected chi connectivity index (χ0v) is 13.3. The highest BCUT2D eigenvalue weighted by Gasteiger charge is 2.09. The molecule has 0 aromatic carbocycles. The fourth-order valence-corrected chi connectivity index (χ4v) is 1.93. The second-order valence-electron chi connectivity index (χ2n) is 3.94. The van der Waals surface area contributed by atoms with Crippen LogP contribution in [0.1, 0.15) is 13.3 Å². The van der Waals surface area contributed by atoms with E-state index in [2.05, 4.69) is 10.3 Å². The van der Waals surface area contributed by atoms with E-state index < -0.39 is 0 Å². The molecule has 1 rings (SSSR count). The molecular weight excluding hydrogens is 303 g/mol. The summed E-state index contributed by atoms with van der Waals surface area (Å²) in [5.74, 6) is 0.919. The van der Waals surface area contributed by atoms with Crippen LogP contribution < -0.4 is 10.1 Å². The molecular formula is C13H20Cl2N2O3. The van der Waals surface area contributed by atoms with E-state index in [1.807, 2.05) is 6.92 Å². The summed E-state index contributed by atoms with van der Waals surface area (Å²) >= 11 is 12.0. The summed E-state index contributed by atoms with van der Waals surface area (Å²) in [6.07, 6.45) is 0.862. The van der Waals surface area contributed by atoms with Crippen molar-refractivity contribution in [2.45, 2.75) is 13.3 Å². The highest BCUT2D eigenvalue weighted by atomic mass is 35.5. The molecule has 0 saturated carbocycles. The van der Waals surface area contributed by atoms with Gasteiger partial charge in [-0.05, 0) is 19.4 Å². The Kier molecular flexibility index (Phi) is 8.69. The number of pyridine rings is 1. The average Bonchev–Trinajstić information content (AvgIpc) is 2.42. The number of ether oxygens (including phenoxy) is 3. The number of rotatable bonds is 10. The minimum absolute atomic E-state index is 0.354. The molecule has 1 aromatic rings. The normalized spacial score (nSPS) is 10.6. The first-order valence-electron chi connectivity index (χ1n) is 6.48. The summed E-state index contributed by atoms with van der Waals surface area (Å²) in [5, 5.41) is 3.90. The SMILES string of the molecule is CCNc1nc(OCCOCCCOC)c(Cl)cc1Cl. The highest BCUT2D eigenvalue weighted by molar-refractivity contribution is 6.36. The molecule has 1 aromatic heterocycles. The van der Waals surface area contributed by atoms with Crippen molar-refractivity contribution in [2.75, 3.05) is 45.4 Å². The van der Waals surface area contributed by atoms with Crippen LogP contribution in [-0.2, 0) is 9.47 Å². The standard InChI is InChI=1S/C13H20Cl2N2O3/c1-3-16-12-10(14)9-11(15)13(17-12)20-8-7-19-6-4-5-18-2/h9H,3-8H2,1-2H3,(H,16,17). The van der Waals surface area contributed by atoms with E-state index in [1.54, 1.807) is 13.2 Å². The first-order valence-corrected chi connectivity index (χ1v) is 7.24. The molecule has 0 aliphatic rings. The molecule has 1 heterocycles. The number of methoxy groups -OCH3 is 1. The fraction of sp³-hybridized carbons (Fsp3) is 0.615. The Bertz CT molecular complexity index is 405. The van der Waals surface area contributed by atoms with Gasteiger partial charge in [-0.15, -0.1) is 0 Å². The van der Waals surface area contributed by atoms with E-state index in [0.717, 1.165) is 13.0 Å². The zero-order valence-electron chi connectivity index (χ0n) is 11.7. The van der Waals surface area contributed by atoms with Gasteiger partial charge in [0.15, 0.2) is 0 Å². The first kappa shape index (κ1) is 17.3. The van der Waals surface area contributed by atoms with Crippen LogP contribution in [0.4, 0.5) is 5.82 Å². The van der Waals surface area contributed by atoms with Gasteiger partial charge >= 0.3 is 0 Å². The average molecular weight is 323 g/mol. The predicted molar refractivity (Wildman–Crippen MR) is 81.2 cm³/mol. The third-order valence-corrected chi connectivity index (χ3v) is 2.90. The van der Waals surface area contributed by atoms with Crippen molar-refractivity contribution in [3.05, 3.63) is 16.1 Å². The van der Waals surface area contributed by atoms with E-state index in [9.17, 15) is 0 Å². The molecule has 1 N–H and O–H groups in total. The van der Waals surface area contributed by atoms with Crippen LogP contribution in [0.15, 0.2) is 6.07 Å². The Morgan fingerprint density at radius 2 is 1.95 bits per heavy atom. The number of hydrogen-bond acceptors (Lipinski definition) is 5. The second-order valence-corrected chi connectivity index (χ2v) is 4.76. The Hall–Kier alpha value is -0.750. The monoisotopic (exact) mass is 322 g/mol. The number of nitrogens with zero attached hydrogens (tertiary/aromatic N) is 1. The zero-order chi connectivity index (χ0) is 14.8. The molecule has 0 spiro atoms. The van der Waals surface area contributed by atoms with Crippen molar-refractivity contribution in [1.82, 2.24) is 4.98 Å². The van der Waals surface area contributed by atoms with Gasteiger partial charge in [0.05, 0.1) is 11.6 Å². The van der Waals surface area contributed by atoms with Crippen LogP contribution in [0.3, 0.4) is 0 Å². The lowest BCUT2D eigenvalue weighted by Gasteiger charge is -2.11. The van der Waals surface area contributed by atoms with Gasteiger partial charge in [-0.3, -0.25) is 0 Å². The second kappa shape index (κ2) is 10.0. The van der Waals surface area contributed by atoms with Gasteiger partial charge in [-0.25, -0.2) is 0 Å². The molecule has 0 fully saturated rings. The number of halogens is 2. The highest BCUT2D eigenvalue weighted by Crippen LogP contribution is 2.30. The molecule has 7 heteroatoms. The van der Waals surface area contributed by atoms with Crippen LogP contribution in [0.2, 0.25) is 10.0 Å². The summed E-state index contributed by atoms with van der Waals surface area (Å²) in [6.45, 7) is 4.87. The molecule has 5 nitrogen and oxygen atoms in total. The van der Waals surface area contributed by atoms with Gasteiger partial charge in [0.2, 0.25) is 5.88 Å². The van der Waals surface area contributed by atoms with Crippen LogP contribution in [0.25, 0.3) is 0 Å². The predicted octanol–water partition coefficient (Wildman–Crippen LogP) is 3.25. The van der Waals surface area contributed by atoms with E-state index >= 15 is 0 Å². The van der Waals surface area contributed by atoms with E-state index in [0.29, 0.717) is 48.2 Å². The van der Waals surface area contributed by atoms with Crippen LogP contribution in [-0.4, -0.2) is 45.1 Å². The van der Waals surface area contributed by atoms with E-state index in [4.69, 9.17) is 37.4 Å². The molecule has 0 unspecified atom stereocenters. The largest absolute Gasteiger partial charge is 0.474 e. The minimum atomic E-state index is 0.354. The lowest BCUT2D eigenvalue weighted by molar-refractivity contribution is 0.0796. The summed E-state index contributed by atoms with van der Waals surface area (Å²) in [7, 11) is 1.67. The third-order valence-electron chi connectivity index (χ3n) is 2.35. The summed E-state index contributed by atoms with van der Waals surface area (Å²) < 4.78 is 15.8. The maximum atomic E-state index is 6.03.